The molecule has 13 rings (SSSR count). The molecule has 0 bridgehead atoms. The summed E-state index contributed by atoms with van der Waals surface area (Å²) < 4.78 is 62.1. The summed E-state index contributed by atoms with van der Waals surface area (Å²) in [5.41, 5.74) is 9.98. The van der Waals surface area contributed by atoms with Gasteiger partial charge in [-0.05, 0) is 114 Å². The highest BCUT2D eigenvalue weighted by molar-refractivity contribution is 6.25. The van der Waals surface area contributed by atoms with E-state index in [0.717, 1.165) is 99.2 Å². The number of nitrogens with zero attached hydrogens (tertiary/aromatic N) is 3. The highest BCUT2D eigenvalue weighted by atomic mass is 19.4. The molecule has 0 saturated heterocycles. The van der Waals surface area contributed by atoms with E-state index >= 15 is 0 Å². The maximum Gasteiger partial charge on any atom is 0.417 e. The Morgan fingerprint density at radius 1 is 0.492 bits per heavy atom. The van der Waals surface area contributed by atoms with Crippen molar-refractivity contribution < 1.29 is 22.0 Å². The molecule has 13 aromatic rings. The first kappa shape index (κ1) is 37.1. The number of alkyl halides is 3. The van der Waals surface area contributed by atoms with E-state index in [9.17, 15) is 13.2 Å². The minimum atomic E-state index is -4.60. The molecule has 8 heteroatoms. The van der Waals surface area contributed by atoms with E-state index in [-0.39, 0.29) is 5.56 Å². The van der Waals surface area contributed by atoms with Crippen molar-refractivity contribution >= 4 is 93.2 Å². The van der Waals surface area contributed by atoms with Crippen molar-refractivity contribution in [2.75, 3.05) is 0 Å². The average Bonchev–Trinajstić information content (AvgIpc) is 4.08. The molecule has 308 valence electrons. The Morgan fingerprint density at radius 3 is 1.68 bits per heavy atom. The van der Waals surface area contributed by atoms with Crippen LogP contribution in [0.15, 0.2) is 185 Å². The topological polar surface area (TPSA) is 40.5 Å². The summed E-state index contributed by atoms with van der Waals surface area (Å²) >= 11 is 0. The summed E-state index contributed by atoms with van der Waals surface area (Å²) in [6, 6.07) is 56.2. The molecular weight excluding hydrogens is 816 g/mol. The molecule has 0 spiro atoms. The molecule has 0 saturated carbocycles. The molecule has 0 fully saturated rings. The Bertz CT molecular complexity index is 4210. The van der Waals surface area contributed by atoms with Crippen LogP contribution in [0.2, 0.25) is 0 Å². The molecule has 5 nitrogen and oxygen atoms in total. The summed E-state index contributed by atoms with van der Waals surface area (Å²) in [5, 5.41) is 7.90. The summed E-state index contributed by atoms with van der Waals surface area (Å²) in [6.45, 7) is 10.2. The van der Waals surface area contributed by atoms with Crippen molar-refractivity contribution in [3.63, 3.8) is 0 Å². The van der Waals surface area contributed by atoms with E-state index in [1.807, 2.05) is 97.1 Å². The molecule has 4 aromatic heterocycles. The van der Waals surface area contributed by atoms with Crippen molar-refractivity contribution in [3.8, 4) is 33.6 Å². The van der Waals surface area contributed by atoms with Crippen molar-refractivity contribution in [2.24, 2.45) is 0 Å². The van der Waals surface area contributed by atoms with Crippen molar-refractivity contribution in [3.05, 3.63) is 198 Å². The molecule has 0 aliphatic heterocycles. The lowest BCUT2D eigenvalue weighted by Gasteiger charge is -2.20. The van der Waals surface area contributed by atoms with Gasteiger partial charge in [0.15, 0.2) is 5.69 Å². The maximum absolute atomic E-state index is 14.9. The van der Waals surface area contributed by atoms with Gasteiger partial charge in [-0.3, -0.25) is 0 Å². The van der Waals surface area contributed by atoms with Crippen LogP contribution in [0.3, 0.4) is 0 Å². The number of halogens is 3. The van der Waals surface area contributed by atoms with Crippen molar-refractivity contribution in [1.29, 1.82) is 0 Å². The van der Waals surface area contributed by atoms with Gasteiger partial charge in [0, 0.05) is 38.0 Å². The van der Waals surface area contributed by atoms with Gasteiger partial charge < -0.3 is 18.0 Å². The highest BCUT2D eigenvalue weighted by Crippen LogP contribution is 2.48. The Kier molecular flexibility index (Phi) is 7.68. The van der Waals surface area contributed by atoms with Crippen LogP contribution >= 0.6 is 0 Å². The molecule has 0 atom stereocenters. The second-order valence-electron chi connectivity index (χ2n) is 16.6. The summed E-state index contributed by atoms with van der Waals surface area (Å²) in [6.07, 6.45) is -4.60. The third-order valence-corrected chi connectivity index (χ3v) is 13.1. The fraction of sp³-hybridized carbons (Fsp3) is 0.0351. The largest absolute Gasteiger partial charge is 0.455 e. The molecular formula is C57H32F3N3O2. The van der Waals surface area contributed by atoms with Gasteiger partial charge in [0.25, 0.3) is 0 Å². The zero-order valence-electron chi connectivity index (χ0n) is 34.5. The lowest BCUT2D eigenvalue weighted by molar-refractivity contribution is -0.137. The maximum atomic E-state index is 14.9. The number of rotatable bonds is 4. The van der Waals surface area contributed by atoms with Gasteiger partial charge in [-0.2, -0.15) is 13.2 Å². The first-order chi connectivity index (χ1) is 31.8. The van der Waals surface area contributed by atoms with E-state index in [1.165, 1.54) is 6.07 Å². The lowest BCUT2D eigenvalue weighted by Crippen LogP contribution is -2.08. The number of hydrogen-bond donors (Lipinski definition) is 0. The van der Waals surface area contributed by atoms with E-state index in [0.29, 0.717) is 33.6 Å². The number of para-hydroxylation sites is 4. The van der Waals surface area contributed by atoms with Crippen molar-refractivity contribution in [2.45, 2.75) is 13.1 Å². The lowest BCUT2D eigenvalue weighted by atomic mass is 9.91. The van der Waals surface area contributed by atoms with Gasteiger partial charge in [0.2, 0.25) is 0 Å². The second-order valence-corrected chi connectivity index (χ2v) is 16.6. The molecule has 0 unspecified atom stereocenters. The summed E-state index contributed by atoms with van der Waals surface area (Å²) in [7, 11) is 0. The number of benzene rings is 9. The normalized spacial score (nSPS) is 12.3. The first-order valence-electron chi connectivity index (χ1n) is 21.3. The van der Waals surface area contributed by atoms with Gasteiger partial charge >= 0.3 is 6.18 Å². The Labute approximate surface area is 368 Å². The molecule has 0 radical (unpaired) electrons. The van der Waals surface area contributed by atoms with Crippen LogP contribution in [0.5, 0.6) is 0 Å². The quantitative estimate of drug-likeness (QED) is 0.166. The van der Waals surface area contributed by atoms with Crippen molar-refractivity contribution in [1.82, 2.24) is 9.13 Å². The van der Waals surface area contributed by atoms with E-state index in [1.54, 1.807) is 19.1 Å². The molecule has 0 aliphatic rings. The van der Waals surface area contributed by atoms with Crippen LogP contribution in [0.4, 0.5) is 18.9 Å². The number of fused-ring (bicyclic) bond motifs is 14. The number of aryl methyl sites for hydroxylation is 1. The minimum absolute atomic E-state index is 0.0942. The molecule has 9 aromatic carbocycles. The third kappa shape index (κ3) is 5.27. The minimum Gasteiger partial charge on any atom is -0.455 e. The molecule has 0 aliphatic carbocycles. The summed E-state index contributed by atoms with van der Waals surface area (Å²) in [5.74, 6) is 0. The Balaban J connectivity index is 1.13. The molecule has 0 amide bonds. The zero-order chi connectivity index (χ0) is 43.7. The predicted octanol–water partition coefficient (Wildman–Crippen LogP) is 16.9. The van der Waals surface area contributed by atoms with Crippen LogP contribution in [0.25, 0.3) is 126 Å². The highest BCUT2D eigenvalue weighted by Gasteiger charge is 2.34. The van der Waals surface area contributed by atoms with Crippen LogP contribution in [-0.4, -0.2) is 9.13 Å². The number of furan rings is 2. The molecule has 4 heterocycles. The summed E-state index contributed by atoms with van der Waals surface area (Å²) in [4.78, 5) is 4.07. The van der Waals surface area contributed by atoms with Gasteiger partial charge in [-0.15, -0.1) is 0 Å². The average molecular weight is 848 g/mol. The SMILES string of the molecule is [C-]#[N+]c1ccc(-n2c3ccccc3c3c4oc5ccccc5c4ccc32)cc1-c1cc(-c2c(C)cccc2C(F)(F)F)ccc1-n1c2ccccc2c2c3oc4ccccc4c3ccc21. The standard InChI is InChI=1S/C57H32F3N3O2/c1-32-12-11-17-43(57(58,59)60)52(32)33-22-27-47(63-46-19-8-4-16-40(46)54-49(63)29-25-38-36-14-6-10-21-51(36)65-56(38)54)42(30-33)41-31-34(23-26-44(41)61-2)62-45-18-7-3-15-39(45)53-48(62)28-24-37-35-13-5-9-20-50(35)64-55(37)53/h3-31H,1H3. The first-order valence-corrected chi connectivity index (χ1v) is 21.3. The Morgan fingerprint density at radius 2 is 1.06 bits per heavy atom. The predicted molar refractivity (Wildman–Crippen MR) is 257 cm³/mol. The van der Waals surface area contributed by atoms with E-state index < -0.39 is 11.7 Å². The Hall–Kier alpha value is -8.54. The number of aromatic nitrogens is 2. The van der Waals surface area contributed by atoms with Gasteiger partial charge in [-0.25, -0.2) is 4.85 Å². The van der Waals surface area contributed by atoms with Gasteiger partial charge in [-0.1, -0.05) is 97.1 Å². The van der Waals surface area contributed by atoms with Crippen LogP contribution in [-0.2, 0) is 6.18 Å². The molecule has 0 N–H and O–H groups in total. The fourth-order valence-corrected chi connectivity index (χ4v) is 10.4. The van der Waals surface area contributed by atoms with Crippen LogP contribution in [0.1, 0.15) is 11.1 Å². The van der Waals surface area contributed by atoms with Gasteiger partial charge in [0.1, 0.15) is 22.3 Å². The monoisotopic (exact) mass is 847 g/mol. The van der Waals surface area contributed by atoms with E-state index in [4.69, 9.17) is 15.4 Å². The number of hydrogen-bond acceptors (Lipinski definition) is 2. The van der Waals surface area contributed by atoms with E-state index in [2.05, 4.69) is 68.6 Å². The zero-order valence-corrected chi connectivity index (χ0v) is 34.5. The fourth-order valence-electron chi connectivity index (χ4n) is 10.4. The van der Waals surface area contributed by atoms with Gasteiger partial charge in [0.05, 0.1) is 50.7 Å². The molecule has 65 heavy (non-hydrogen) atoms. The third-order valence-electron chi connectivity index (χ3n) is 13.1. The second kappa shape index (κ2) is 13.5. The van der Waals surface area contributed by atoms with Crippen LogP contribution < -0.4 is 0 Å². The smallest absolute Gasteiger partial charge is 0.417 e. The van der Waals surface area contributed by atoms with Crippen LogP contribution in [0, 0.1) is 13.5 Å².